The zero-order valence-electron chi connectivity index (χ0n) is 16.0. The average Bonchev–Trinajstić information content (AvgIpc) is 2.62. The minimum absolute atomic E-state index is 0.139. The highest BCUT2D eigenvalue weighted by Crippen LogP contribution is 2.21. The van der Waals surface area contributed by atoms with Crippen molar-refractivity contribution in [1.82, 2.24) is 0 Å². The number of benzene rings is 2. The summed E-state index contributed by atoms with van der Waals surface area (Å²) in [5.74, 6) is -3.41. The molecule has 0 aromatic heterocycles. The van der Waals surface area contributed by atoms with E-state index in [0.717, 1.165) is 18.1 Å². The summed E-state index contributed by atoms with van der Waals surface area (Å²) in [6.45, 7) is 3.60. The normalized spacial score (nSPS) is 11.0. The van der Waals surface area contributed by atoms with E-state index in [-0.39, 0.29) is 11.4 Å². The number of nitrogens with zero attached hydrogens (tertiary/aromatic N) is 1. The number of anilines is 2. The van der Waals surface area contributed by atoms with Gasteiger partial charge in [-0.25, -0.2) is 8.42 Å². The zero-order valence-corrected chi connectivity index (χ0v) is 16.8. The predicted molar refractivity (Wildman–Crippen MR) is 110 cm³/mol. The minimum atomic E-state index is -4.03. The molecule has 0 atom stereocenters. The van der Waals surface area contributed by atoms with Crippen molar-refractivity contribution in [3.05, 3.63) is 63.7 Å². The SMILES string of the molecule is CCc1ccc(NC(=O)CS(=O)(=O)CC(=O)Nc2cc([N+](=O)[O-])ccc2C)cc1. The van der Waals surface area contributed by atoms with Crippen molar-refractivity contribution in [2.45, 2.75) is 20.3 Å². The molecule has 0 aliphatic rings. The second-order valence-electron chi connectivity index (χ2n) is 6.44. The third kappa shape index (κ3) is 6.68. The van der Waals surface area contributed by atoms with E-state index in [1.807, 2.05) is 19.1 Å². The molecule has 2 amide bonds. The van der Waals surface area contributed by atoms with Crippen LogP contribution < -0.4 is 10.6 Å². The molecule has 0 saturated carbocycles. The molecule has 9 nitrogen and oxygen atoms in total. The Morgan fingerprint density at radius 1 is 1.00 bits per heavy atom. The number of nitro benzene ring substituents is 1. The molecule has 0 unspecified atom stereocenters. The van der Waals surface area contributed by atoms with Crippen LogP contribution in [0.2, 0.25) is 0 Å². The third-order valence-electron chi connectivity index (χ3n) is 4.05. The van der Waals surface area contributed by atoms with Crippen molar-refractivity contribution in [2.24, 2.45) is 0 Å². The first kappa shape index (κ1) is 22.0. The highest BCUT2D eigenvalue weighted by Gasteiger charge is 2.22. The standard InChI is InChI=1S/C19H21N3O6S/c1-3-14-5-7-15(8-6-14)20-18(23)11-29(27,28)12-19(24)21-17-10-16(22(25)26)9-4-13(17)2/h4-10H,3,11-12H2,1-2H3,(H,20,23)(H,21,24). The maximum Gasteiger partial charge on any atom is 0.271 e. The van der Waals surface area contributed by atoms with Gasteiger partial charge in [0.2, 0.25) is 11.8 Å². The fourth-order valence-corrected chi connectivity index (χ4v) is 3.56. The van der Waals surface area contributed by atoms with Crippen LogP contribution in [0.25, 0.3) is 0 Å². The predicted octanol–water partition coefficient (Wildman–Crippen LogP) is 2.46. The van der Waals surface area contributed by atoms with Crippen LogP contribution >= 0.6 is 0 Å². The summed E-state index contributed by atoms with van der Waals surface area (Å²) in [6, 6.07) is 10.8. The smallest absolute Gasteiger partial charge is 0.271 e. The summed E-state index contributed by atoms with van der Waals surface area (Å²) in [5.41, 5.74) is 1.97. The minimum Gasteiger partial charge on any atom is -0.325 e. The second kappa shape index (κ2) is 9.28. The Morgan fingerprint density at radius 3 is 2.14 bits per heavy atom. The van der Waals surface area contributed by atoms with Crippen molar-refractivity contribution in [1.29, 1.82) is 0 Å². The molecule has 2 aromatic carbocycles. The molecular weight excluding hydrogens is 398 g/mol. The summed E-state index contributed by atoms with van der Waals surface area (Å²) in [5, 5.41) is 15.7. The third-order valence-corrected chi connectivity index (χ3v) is 5.46. The Bertz CT molecular complexity index is 1030. The van der Waals surface area contributed by atoms with Gasteiger partial charge in [-0.15, -0.1) is 0 Å². The Kier molecular flexibility index (Phi) is 7.05. The summed E-state index contributed by atoms with van der Waals surface area (Å²) in [6.07, 6.45) is 0.835. The lowest BCUT2D eigenvalue weighted by Gasteiger charge is -2.09. The monoisotopic (exact) mass is 419 g/mol. The van der Waals surface area contributed by atoms with E-state index in [4.69, 9.17) is 0 Å². The van der Waals surface area contributed by atoms with Gasteiger partial charge in [0.1, 0.15) is 11.5 Å². The van der Waals surface area contributed by atoms with Gasteiger partial charge in [0.05, 0.1) is 10.6 Å². The number of aryl methyl sites for hydroxylation is 2. The van der Waals surface area contributed by atoms with Gasteiger partial charge in [-0.3, -0.25) is 19.7 Å². The summed E-state index contributed by atoms with van der Waals surface area (Å²) >= 11 is 0. The molecule has 0 bridgehead atoms. The van der Waals surface area contributed by atoms with Crippen LogP contribution in [0.5, 0.6) is 0 Å². The van der Waals surface area contributed by atoms with Gasteiger partial charge in [0.15, 0.2) is 9.84 Å². The Labute approximate surface area is 168 Å². The van der Waals surface area contributed by atoms with Crippen LogP contribution in [0.4, 0.5) is 17.1 Å². The first-order valence-electron chi connectivity index (χ1n) is 8.73. The van der Waals surface area contributed by atoms with Gasteiger partial charge in [-0.2, -0.15) is 0 Å². The van der Waals surface area contributed by atoms with Crippen LogP contribution in [-0.2, 0) is 25.8 Å². The molecule has 0 aliphatic heterocycles. The van der Waals surface area contributed by atoms with Gasteiger partial charge in [0, 0.05) is 17.8 Å². The number of carbonyl (C=O) groups is 2. The number of amides is 2. The summed E-state index contributed by atoms with van der Waals surface area (Å²) < 4.78 is 24.3. The molecule has 0 saturated heterocycles. The largest absolute Gasteiger partial charge is 0.325 e. The van der Waals surface area contributed by atoms with Crippen molar-refractivity contribution in [3.63, 3.8) is 0 Å². The molecule has 154 valence electrons. The Hall–Kier alpha value is -3.27. The fraction of sp³-hybridized carbons (Fsp3) is 0.263. The topological polar surface area (TPSA) is 135 Å². The quantitative estimate of drug-likeness (QED) is 0.498. The van der Waals surface area contributed by atoms with Gasteiger partial charge < -0.3 is 10.6 Å². The van der Waals surface area contributed by atoms with Crippen molar-refractivity contribution in [3.8, 4) is 0 Å². The van der Waals surface area contributed by atoms with Crippen LogP contribution in [0.3, 0.4) is 0 Å². The fourth-order valence-electron chi connectivity index (χ4n) is 2.52. The van der Waals surface area contributed by atoms with E-state index < -0.39 is 38.1 Å². The van der Waals surface area contributed by atoms with E-state index in [2.05, 4.69) is 10.6 Å². The first-order chi connectivity index (χ1) is 13.6. The first-order valence-corrected chi connectivity index (χ1v) is 10.6. The molecule has 0 aliphatic carbocycles. The molecule has 0 radical (unpaired) electrons. The maximum absolute atomic E-state index is 12.2. The van der Waals surface area contributed by atoms with Crippen LogP contribution in [-0.4, -0.2) is 36.7 Å². The Morgan fingerprint density at radius 2 is 1.59 bits per heavy atom. The van der Waals surface area contributed by atoms with Gasteiger partial charge in [-0.1, -0.05) is 25.1 Å². The van der Waals surface area contributed by atoms with Gasteiger partial charge >= 0.3 is 0 Å². The molecule has 0 spiro atoms. The second-order valence-corrected chi connectivity index (χ2v) is 8.50. The van der Waals surface area contributed by atoms with Gasteiger partial charge in [0.25, 0.3) is 5.69 Å². The van der Waals surface area contributed by atoms with E-state index in [0.29, 0.717) is 11.3 Å². The summed E-state index contributed by atoms with van der Waals surface area (Å²) in [7, 11) is -4.03. The molecule has 2 rings (SSSR count). The van der Waals surface area contributed by atoms with E-state index in [1.54, 1.807) is 19.1 Å². The number of nitro groups is 1. The lowest BCUT2D eigenvalue weighted by molar-refractivity contribution is -0.384. The van der Waals surface area contributed by atoms with E-state index >= 15 is 0 Å². The molecule has 29 heavy (non-hydrogen) atoms. The molecule has 2 N–H and O–H groups in total. The zero-order chi connectivity index (χ0) is 21.6. The molecule has 0 fully saturated rings. The van der Waals surface area contributed by atoms with Crippen LogP contribution in [0.1, 0.15) is 18.1 Å². The molecule has 10 heteroatoms. The van der Waals surface area contributed by atoms with Crippen LogP contribution in [0.15, 0.2) is 42.5 Å². The summed E-state index contributed by atoms with van der Waals surface area (Å²) in [4.78, 5) is 34.3. The average molecular weight is 419 g/mol. The lowest BCUT2D eigenvalue weighted by Crippen LogP contribution is -2.30. The van der Waals surface area contributed by atoms with Gasteiger partial charge in [-0.05, 0) is 36.6 Å². The number of carbonyl (C=O) groups excluding carboxylic acids is 2. The van der Waals surface area contributed by atoms with Crippen LogP contribution in [0, 0.1) is 17.0 Å². The number of sulfone groups is 1. The maximum atomic E-state index is 12.2. The number of non-ortho nitro benzene ring substituents is 1. The molecule has 0 heterocycles. The lowest BCUT2D eigenvalue weighted by atomic mass is 10.1. The van der Waals surface area contributed by atoms with Crippen molar-refractivity contribution >= 4 is 38.7 Å². The van der Waals surface area contributed by atoms with E-state index in [9.17, 15) is 28.1 Å². The highest BCUT2D eigenvalue weighted by molar-refractivity contribution is 7.92. The number of hydrogen-bond donors (Lipinski definition) is 2. The number of nitrogens with one attached hydrogen (secondary N) is 2. The molecular formula is C19H21N3O6S. The number of hydrogen-bond acceptors (Lipinski definition) is 6. The van der Waals surface area contributed by atoms with E-state index in [1.165, 1.54) is 12.1 Å². The number of rotatable bonds is 8. The molecule has 2 aromatic rings. The van der Waals surface area contributed by atoms with Crippen molar-refractivity contribution in [2.75, 3.05) is 22.1 Å². The Balaban J connectivity index is 1.97. The highest BCUT2D eigenvalue weighted by atomic mass is 32.2. The van der Waals surface area contributed by atoms with Crippen molar-refractivity contribution < 1.29 is 22.9 Å².